The third kappa shape index (κ3) is 5.63. The van der Waals surface area contributed by atoms with E-state index >= 15 is 0 Å². The zero-order valence-electron chi connectivity index (χ0n) is 16.9. The predicted molar refractivity (Wildman–Crippen MR) is 140 cm³/mol. The fourth-order valence-electron chi connectivity index (χ4n) is 3.00. The number of anilines is 4. The highest BCUT2D eigenvalue weighted by molar-refractivity contribution is 7.81. The summed E-state index contributed by atoms with van der Waals surface area (Å²) in [7, 11) is 0. The average molecular weight is 457 g/mol. The highest BCUT2D eigenvalue weighted by atomic mass is 32.1. The van der Waals surface area contributed by atoms with Crippen LogP contribution in [0.2, 0.25) is 0 Å². The summed E-state index contributed by atoms with van der Waals surface area (Å²) in [6.45, 7) is 0. The number of para-hydroxylation sites is 2. The lowest BCUT2D eigenvalue weighted by Crippen LogP contribution is -2.21. The Morgan fingerprint density at radius 1 is 0.500 bits per heavy atom. The van der Waals surface area contributed by atoms with Gasteiger partial charge in [0.05, 0.1) is 11.4 Å². The Morgan fingerprint density at radius 3 is 1.31 bits per heavy atom. The molecule has 0 unspecified atom stereocenters. The minimum absolute atomic E-state index is 0.456. The fourth-order valence-corrected chi connectivity index (χ4v) is 3.46. The van der Waals surface area contributed by atoms with Crippen molar-refractivity contribution >= 4 is 57.4 Å². The molecule has 2 aromatic heterocycles. The van der Waals surface area contributed by atoms with Crippen molar-refractivity contribution in [2.45, 2.75) is 0 Å². The number of hydrogen-bond acceptors (Lipinski definition) is 4. The topological polar surface area (TPSA) is 73.9 Å². The Morgan fingerprint density at radius 2 is 0.906 bits per heavy atom. The first-order valence-corrected chi connectivity index (χ1v) is 10.7. The Balaban J connectivity index is 1.54. The van der Waals surface area contributed by atoms with E-state index in [9.17, 15) is 0 Å². The average Bonchev–Trinajstić information content (AvgIpc) is 2.81. The number of pyridine rings is 2. The minimum Gasteiger partial charge on any atom is -0.332 e. The largest absolute Gasteiger partial charge is 0.332 e. The minimum atomic E-state index is 0.456. The SMILES string of the molecule is S=C(Nc1ccccc1)Nc1cccnc1-c1ncccc1NC(=S)Nc1ccccc1. The number of nitrogens with one attached hydrogen (secondary N) is 4. The third-order valence-corrected chi connectivity index (χ3v) is 4.81. The maximum Gasteiger partial charge on any atom is 0.175 e. The van der Waals surface area contributed by atoms with Gasteiger partial charge in [-0.05, 0) is 73.0 Å². The Kier molecular flexibility index (Phi) is 6.96. The van der Waals surface area contributed by atoms with Crippen LogP contribution in [-0.4, -0.2) is 20.2 Å². The molecule has 32 heavy (non-hydrogen) atoms. The van der Waals surface area contributed by atoms with Crippen molar-refractivity contribution in [1.82, 2.24) is 9.97 Å². The van der Waals surface area contributed by atoms with E-state index in [1.165, 1.54) is 0 Å². The van der Waals surface area contributed by atoms with Crippen molar-refractivity contribution in [3.8, 4) is 11.4 Å². The molecule has 8 heteroatoms. The molecule has 0 atom stereocenters. The van der Waals surface area contributed by atoms with Crippen LogP contribution < -0.4 is 21.3 Å². The number of rotatable bonds is 5. The highest BCUT2D eigenvalue weighted by Crippen LogP contribution is 2.30. The van der Waals surface area contributed by atoms with Gasteiger partial charge < -0.3 is 21.3 Å². The van der Waals surface area contributed by atoms with Gasteiger partial charge in [0.2, 0.25) is 0 Å². The molecular weight excluding hydrogens is 436 g/mol. The predicted octanol–water partition coefficient (Wildman–Crippen LogP) is 5.76. The van der Waals surface area contributed by atoms with E-state index in [2.05, 4.69) is 31.2 Å². The molecule has 4 N–H and O–H groups in total. The molecule has 0 radical (unpaired) electrons. The maximum absolute atomic E-state index is 5.49. The van der Waals surface area contributed by atoms with Crippen LogP contribution in [0, 0.1) is 0 Å². The van der Waals surface area contributed by atoms with Gasteiger partial charge in [0.25, 0.3) is 0 Å². The molecule has 0 saturated carbocycles. The Bertz CT molecular complexity index is 1120. The van der Waals surface area contributed by atoms with Gasteiger partial charge in [0.1, 0.15) is 11.4 Å². The van der Waals surface area contributed by atoms with Gasteiger partial charge >= 0.3 is 0 Å². The first-order valence-electron chi connectivity index (χ1n) is 9.85. The summed E-state index contributed by atoms with van der Waals surface area (Å²) < 4.78 is 0. The molecule has 158 valence electrons. The zero-order valence-corrected chi connectivity index (χ0v) is 18.6. The molecule has 0 aliphatic rings. The van der Waals surface area contributed by atoms with Gasteiger partial charge in [0.15, 0.2) is 10.2 Å². The molecule has 0 spiro atoms. The van der Waals surface area contributed by atoms with Crippen LogP contribution in [0.15, 0.2) is 97.3 Å². The van der Waals surface area contributed by atoms with Crippen molar-refractivity contribution in [2.75, 3.05) is 21.3 Å². The monoisotopic (exact) mass is 456 g/mol. The van der Waals surface area contributed by atoms with Crippen molar-refractivity contribution in [3.05, 3.63) is 97.3 Å². The molecule has 4 rings (SSSR count). The van der Waals surface area contributed by atoms with Crippen molar-refractivity contribution < 1.29 is 0 Å². The lowest BCUT2D eigenvalue weighted by molar-refractivity contribution is 1.25. The Hall–Kier alpha value is -3.88. The van der Waals surface area contributed by atoms with Gasteiger partial charge in [-0.2, -0.15) is 0 Å². The summed E-state index contributed by atoms with van der Waals surface area (Å²) in [6.07, 6.45) is 3.43. The molecule has 0 saturated heterocycles. The van der Waals surface area contributed by atoms with Crippen LogP contribution in [0.1, 0.15) is 0 Å². The van der Waals surface area contributed by atoms with E-state index in [0.29, 0.717) is 21.6 Å². The van der Waals surface area contributed by atoms with Gasteiger partial charge in [-0.1, -0.05) is 36.4 Å². The number of nitrogens with zero attached hydrogens (tertiary/aromatic N) is 2. The summed E-state index contributed by atoms with van der Waals surface area (Å²) in [5.74, 6) is 0. The van der Waals surface area contributed by atoms with E-state index in [-0.39, 0.29) is 0 Å². The normalized spacial score (nSPS) is 10.1. The second-order valence-corrected chi connectivity index (χ2v) is 7.51. The molecule has 0 bridgehead atoms. The van der Waals surface area contributed by atoms with Crippen LogP contribution in [0.4, 0.5) is 22.7 Å². The molecule has 4 aromatic rings. The first-order chi connectivity index (χ1) is 15.7. The second kappa shape index (κ2) is 10.4. The summed E-state index contributed by atoms with van der Waals surface area (Å²) in [5, 5.41) is 13.7. The Labute approximate surface area is 197 Å². The molecular formula is C24H20N6S2. The summed E-state index contributed by atoms with van der Waals surface area (Å²) >= 11 is 11.0. The van der Waals surface area contributed by atoms with Crippen molar-refractivity contribution in [3.63, 3.8) is 0 Å². The first kappa shape index (κ1) is 21.4. The van der Waals surface area contributed by atoms with Gasteiger partial charge in [-0.15, -0.1) is 0 Å². The molecule has 2 aromatic carbocycles. The van der Waals surface area contributed by atoms with Crippen LogP contribution in [0.3, 0.4) is 0 Å². The highest BCUT2D eigenvalue weighted by Gasteiger charge is 2.14. The fraction of sp³-hybridized carbons (Fsp3) is 0. The van der Waals surface area contributed by atoms with Gasteiger partial charge in [-0.25, -0.2) is 0 Å². The van der Waals surface area contributed by atoms with Crippen LogP contribution in [0.25, 0.3) is 11.4 Å². The van der Waals surface area contributed by atoms with Crippen molar-refractivity contribution in [1.29, 1.82) is 0 Å². The summed E-state index contributed by atoms with van der Waals surface area (Å²) in [6, 6.07) is 26.9. The second-order valence-electron chi connectivity index (χ2n) is 6.69. The van der Waals surface area contributed by atoms with E-state index in [0.717, 1.165) is 22.7 Å². The van der Waals surface area contributed by atoms with E-state index in [1.54, 1.807) is 12.4 Å². The number of benzene rings is 2. The number of hydrogen-bond donors (Lipinski definition) is 4. The smallest absolute Gasteiger partial charge is 0.175 e. The molecule has 0 aliphatic carbocycles. The number of thiocarbonyl (C=S) groups is 2. The van der Waals surface area contributed by atoms with Crippen LogP contribution >= 0.6 is 24.4 Å². The molecule has 2 heterocycles. The van der Waals surface area contributed by atoms with Gasteiger partial charge in [-0.3, -0.25) is 9.97 Å². The van der Waals surface area contributed by atoms with E-state index in [1.807, 2.05) is 84.9 Å². The van der Waals surface area contributed by atoms with Gasteiger partial charge in [0, 0.05) is 23.8 Å². The molecule has 0 fully saturated rings. The van der Waals surface area contributed by atoms with Crippen LogP contribution in [-0.2, 0) is 0 Å². The van der Waals surface area contributed by atoms with E-state index in [4.69, 9.17) is 24.4 Å². The molecule has 6 nitrogen and oxygen atoms in total. The summed E-state index contributed by atoms with van der Waals surface area (Å²) in [4.78, 5) is 9.09. The summed E-state index contributed by atoms with van der Waals surface area (Å²) in [5.41, 5.74) is 4.54. The number of aromatic nitrogens is 2. The lowest BCUT2D eigenvalue weighted by atomic mass is 10.2. The molecule has 0 aliphatic heterocycles. The zero-order chi connectivity index (χ0) is 22.2. The van der Waals surface area contributed by atoms with E-state index < -0.39 is 0 Å². The lowest BCUT2D eigenvalue weighted by Gasteiger charge is -2.16. The maximum atomic E-state index is 5.49. The third-order valence-electron chi connectivity index (χ3n) is 4.40. The standard InChI is InChI=1S/C24H20N6S2/c31-23(27-17-9-3-1-4-10-17)29-19-13-7-15-25-21(19)22-20(14-8-16-26-22)30-24(32)28-18-11-5-2-6-12-18/h1-16H,(H2,27,29,31)(H2,28,30,32). The molecule has 0 amide bonds. The van der Waals surface area contributed by atoms with Crippen LogP contribution in [0.5, 0.6) is 0 Å². The quantitative estimate of drug-likeness (QED) is 0.283. The van der Waals surface area contributed by atoms with Crippen molar-refractivity contribution in [2.24, 2.45) is 0 Å².